The number of carbonyl (C=O) groups is 1. The third-order valence-electron chi connectivity index (χ3n) is 5.22. The molecule has 2 aliphatic rings. The van der Waals surface area contributed by atoms with Crippen LogP contribution in [0.1, 0.15) is 29.5 Å². The van der Waals surface area contributed by atoms with E-state index in [0.29, 0.717) is 35.8 Å². The van der Waals surface area contributed by atoms with Crippen molar-refractivity contribution in [3.63, 3.8) is 0 Å². The first-order valence-electron chi connectivity index (χ1n) is 9.63. The fourth-order valence-corrected chi connectivity index (χ4v) is 5.63. The molecule has 0 radical (unpaired) electrons. The number of esters is 1. The van der Waals surface area contributed by atoms with Gasteiger partial charge in [-0.2, -0.15) is 4.31 Å². The molecule has 160 valence electrons. The summed E-state index contributed by atoms with van der Waals surface area (Å²) in [5, 5.41) is 0.485. The molecule has 0 spiro atoms. The summed E-state index contributed by atoms with van der Waals surface area (Å²) in [5.74, 6) is 0.0120. The van der Waals surface area contributed by atoms with Crippen LogP contribution < -0.4 is 4.74 Å². The Hall–Kier alpha value is -2.13. The molecular weight excluding hydrogens is 430 g/mol. The summed E-state index contributed by atoms with van der Waals surface area (Å²) >= 11 is 6.15. The number of rotatable bonds is 5. The Morgan fingerprint density at radius 3 is 2.80 bits per heavy atom. The number of fused-ring (bicyclic) bond motifs is 1. The molecule has 0 aromatic heterocycles. The van der Waals surface area contributed by atoms with E-state index >= 15 is 0 Å². The van der Waals surface area contributed by atoms with E-state index in [9.17, 15) is 13.2 Å². The van der Waals surface area contributed by atoms with Crippen molar-refractivity contribution in [2.75, 3.05) is 13.3 Å². The Balaban J connectivity index is 1.50. The van der Waals surface area contributed by atoms with E-state index in [4.69, 9.17) is 25.8 Å². The minimum Gasteiger partial charge on any atom is -0.467 e. The molecule has 2 aromatic rings. The van der Waals surface area contributed by atoms with Crippen molar-refractivity contribution in [2.24, 2.45) is 0 Å². The molecule has 1 atom stereocenters. The monoisotopic (exact) mass is 451 g/mol. The fraction of sp³-hybridized carbons (Fsp3) is 0.381. The Kier molecular flexibility index (Phi) is 6.02. The van der Waals surface area contributed by atoms with E-state index in [1.54, 1.807) is 36.4 Å². The summed E-state index contributed by atoms with van der Waals surface area (Å²) in [5.41, 5.74) is 2.37. The molecule has 9 heteroatoms. The zero-order chi connectivity index (χ0) is 21.3. The van der Waals surface area contributed by atoms with Crippen molar-refractivity contribution >= 4 is 27.6 Å². The van der Waals surface area contributed by atoms with Crippen molar-refractivity contribution in [2.45, 2.75) is 43.9 Å². The van der Waals surface area contributed by atoms with Gasteiger partial charge >= 0.3 is 5.97 Å². The maximum Gasteiger partial charge on any atom is 0.324 e. The van der Waals surface area contributed by atoms with Gasteiger partial charge in [0.15, 0.2) is 6.79 Å². The first-order chi connectivity index (χ1) is 14.4. The molecule has 0 amide bonds. The van der Waals surface area contributed by atoms with Gasteiger partial charge in [0.2, 0.25) is 10.0 Å². The Bertz CT molecular complexity index is 1050. The highest BCUT2D eigenvalue weighted by Crippen LogP contribution is 2.33. The number of ether oxygens (including phenoxy) is 3. The molecular formula is C21H22ClNO6S. The maximum absolute atomic E-state index is 13.0. The van der Waals surface area contributed by atoms with Gasteiger partial charge in [0, 0.05) is 22.7 Å². The van der Waals surface area contributed by atoms with E-state index < -0.39 is 22.0 Å². The largest absolute Gasteiger partial charge is 0.467 e. The van der Waals surface area contributed by atoms with Crippen molar-refractivity contribution in [1.82, 2.24) is 4.31 Å². The van der Waals surface area contributed by atoms with E-state index in [1.165, 1.54) is 4.31 Å². The Labute approximate surface area is 180 Å². The van der Waals surface area contributed by atoms with Gasteiger partial charge in [-0.25, -0.2) is 8.42 Å². The smallest absolute Gasteiger partial charge is 0.324 e. The van der Waals surface area contributed by atoms with Gasteiger partial charge in [0.1, 0.15) is 18.4 Å². The van der Waals surface area contributed by atoms with Crippen LogP contribution in [-0.4, -0.2) is 38.1 Å². The van der Waals surface area contributed by atoms with E-state index in [-0.39, 0.29) is 24.8 Å². The number of halogens is 1. The van der Waals surface area contributed by atoms with Crippen LogP contribution in [0.5, 0.6) is 5.75 Å². The Morgan fingerprint density at radius 1 is 1.27 bits per heavy atom. The molecule has 2 heterocycles. The van der Waals surface area contributed by atoms with Crippen LogP contribution in [0.15, 0.2) is 41.3 Å². The molecule has 0 unspecified atom stereocenters. The van der Waals surface area contributed by atoms with Crippen LogP contribution >= 0.6 is 11.6 Å². The van der Waals surface area contributed by atoms with Gasteiger partial charge in [0.05, 0.1) is 11.5 Å². The fourth-order valence-electron chi connectivity index (χ4n) is 3.72. The van der Waals surface area contributed by atoms with Crippen LogP contribution in [0, 0.1) is 6.92 Å². The highest BCUT2D eigenvalue weighted by Gasteiger charge is 2.40. The zero-order valence-corrected chi connectivity index (χ0v) is 18.0. The van der Waals surface area contributed by atoms with Crippen LogP contribution in [-0.2, 0) is 37.5 Å². The third-order valence-corrected chi connectivity index (χ3v) is 7.37. The summed E-state index contributed by atoms with van der Waals surface area (Å²) in [6.45, 7) is 2.58. The molecule has 30 heavy (non-hydrogen) atoms. The number of hydrogen-bond acceptors (Lipinski definition) is 6. The van der Waals surface area contributed by atoms with Gasteiger partial charge in [-0.05, 0) is 44.0 Å². The minimum absolute atomic E-state index is 0.0589. The lowest BCUT2D eigenvalue weighted by atomic mass is 10.1. The van der Waals surface area contributed by atoms with Crippen LogP contribution in [0.25, 0.3) is 0 Å². The predicted octanol–water partition coefficient (Wildman–Crippen LogP) is 3.41. The predicted molar refractivity (Wildman–Crippen MR) is 110 cm³/mol. The van der Waals surface area contributed by atoms with Gasteiger partial charge < -0.3 is 14.2 Å². The van der Waals surface area contributed by atoms with Crippen LogP contribution in [0.2, 0.25) is 5.02 Å². The number of carbonyl (C=O) groups excluding carboxylic acids is 1. The molecule has 4 rings (SSSR count). The van der Waals surface area contributed by atoms with Crippen molar-refractivity contribution in [3.8, 4) is 5.75 Å². The molecule has 0 aliphatic carbocycles. The molecule has 1 fully saturated rings. The van der Waals surface area contributed by atoms with Crippen molar-refractivity contribution in [3.05, 3.63) is 58.1 Å². The number of hydrogen-bond donors (Lipinski definition) is 0. The molecule has 2 aromatic carbocycles. The quantitative estimate of drug-likeness (QED) is 0.648. The summed E-state index contributed by atoms with van der Waals surface area (Å²) in [7, 11) is -3.78. The first-order valence-corrected chi connectivity index (χ1v) is 11.4. The van der Waals surface area contributed by atoms with E-state index in [1.807, 2.05) is 6.92 Å². The van der Waals surface area contributed by atoms with E-state index in [0.717, 1.165) is 11.1 Å². The highest BCUT2D eigenvalue weighted by molar-refractivity contribution is 7.89. The minimum atomic E-state index is -3.78. The topological polar surface area (TPSA) is 82.1 Å². The zero-order valence-electron chi connectivity index (χ0n) is 16.5. The summed E-state index contributed by atoms with van der Waals surface area (Å²) < 4.78 is 43.6. The average Bonchev–Trinajstić information content (AvgIpc) is 3.23. The van der Waals surface area contributed by atoms with Gasteiger partial charge in [0.25, 0.3) is 0 Å². The molecule has 2 aliphatic heterocycles. The standard InChI is InChI=1S/C21H22ClNO6S/c1-14-4-6-18(7-5-14)30(25,26)23-8-2-3-19(23)21(24)28-12-16-10-17(22)9-15-11-27-13-29-20(15)16/h4-7,9-10,19H,2-3,8,11-13H2,1H3/t19-/m0/s1. The summed E-state index contributed by atoms with van der Waals surface area (Å²) in [6.07, 6.45) is 1.01. The SMILES string of the molecule is Cc1ccc(S(=O)(=O)N2CCC[C@H]2C(=O)OCc2cc(Cl)cc3c2OCOC3)cc1. The van der Waals surface area contributed by atoms with Crippen molar-refractivity contribution < 1.29 is 27.4 Å². The first kappa shape index (κ1) is 21.1. The highest BCUT2D eigenvalue weighted by atomic mass is 35.5. The van der Waals surface area contributed by atoms with Crippen molar-refractivity contribution in [1.29, 1.82) is 0 Å². The second-order valence-electron chi connectivity index (χ2n) is 7.36. The molecule has 7 nitrogen and oxygen atoms in total. The van der Waals surface area contributed by atoms with Crippen LogP contribution in [0.4, 0.5) is 0 Å². The summed E-state index contributed by atoms with van der Waals surface area (Å²) in [4.78, 5) is 13.0. The molecule has 0 saturated carbocycles. The average molecular weight is 452 g/mol. The lowest BCUT2D eigenvalue weighted by Gasteiger charge is -2.24. The van der Waals surface area contributed by atoms with Gasteiger partial charge in [-0.1, -0.05) is 29.3 Å². The van der Waals surface area contributed by atoms with E-state index in [2.05, 4.69) is 0 Å². The lowest BCUT2D eigenvalue weighted by Crippen LogP contribution is -2.41. The third kappa shape index (κ3) is 4.18. The number of nitrogens with zero attached hydrogens (tertiary/aromatic N) is 1. The second-order valence-corrected chi connectivity index (χ2v) is 9.69. The maximum atomic E-state index is 13.0. The molecule has 0 N–H and O–H groups in total. The van der Waals surface area contributed by atoms with Gasteiger partial charge in [-0.3, -0.25) is 4.79 Å². The Morgan fingerprint density at radius 2 is 2.03 bits per heavy atom. The normalized spacial score (nSPS) is 19.2. The molecule has 1 saturated heterocycles. The second kappa shape index (κ2) is 8.55. The number of sulfonamides is 1. The van der Waals surface area contributed by atoms with Gasteiger partial charge in [-0.15, -0.1) is 0 Å². The molecule has 0 bridgehead atoms. The van der Waals surface area contributed by atoms with Crippen LogP contribution in [0.3, 0.4) is 0 Å². The summed E-state index contributed by atoms with van der Waals surface area (Å²) in [6, 6.07) is 9.16. The lowest BCUT2D eigenvalue weighted by molar-refractivity contribution is -0.148. The number of benzene rings is 2. The number of aryl methyl sites for hydroxylation is 1.